The molecule has 0 fully saturated rings. The van der Waals surface area contributed by atoms with Crippen molar-refractivity contribution >= 4 is 5.91 Å². The first kappa shape index (κ1) is 13.1. The molecule has 1 aliphatic rings. The van der Waals surface area contributed by atoms with E-state index in [9.17, 15) is 4.79 Å². The lowest BCUT2D eigenvalue weighted by Crippen LogP contribution is -2.49. The Morgan fingerprint density at radius 1 is 1.26 bits per heavy atom. The Kier molecular flexibility index (Phi) is 4.12. The minimum Gasteiger partial charge on any atom is -0.315 e. The molecule has 0 aliphatic carbocycles. The molecule has 1 aromatic rings. The van der Waals surface area contributed by atoms with E-state index in [2.05, 4.69) is 5.32 Å². The first-order chi connectivity index (χ1) is 9.26. The Bertz CT molecular complexity index is 539. The molecule has 0 aromatic heterocycles. The van der Waals surface area contributed by atoms with Gasteiger partial charge in [-0.15, -0.1) is 0 Å². The summed E-state index contributed by atoms with van der Waals surface area (Å²) >= 11 is 0. The van der Waals surface area contributed by atoms with E-state index in [1.54, 1.807) is 0 Å². The van der Waals surface area contributed by atoms with E-state index in [1.807, 2.05) is 36.4 Å². The van der Waals surface area contributed by atoms with E-state index in [-0.39, 0.29) is 25.0 Å². The van der Waals surface area contributed by atoms with E-state index in [0.717, 1.165) is 5.56 Å². The average molecular weight is 254 g/mol. The molecule has 0 saturated heterocycles. The van der Waals surface area contributed by atoms with Crippen LogP contribution in [-0.2, 0) is 17.8 Å². The van der Waals surface area contributed by atoms with Crippen LogP contribution < -0.4 is 5.32 Å². The van der Waals surface area contributed by atoms with Gasteiger partial charge in [-0.1, -0.05) is 24.3 Å². The smallest absolute Gasteiger partial charge is 0.241 e. The van der Waals surface area contributed by atoms with Gasteiger partial charge in [0.25, 0.3) is 0 Å². The van der Waals surface area contributed by atoms with E-state index in [4.69, 9.17) is 10.5 Å². The van der Waals surface area contributed by atoms with Crippen LogP contribution in [0.15, 0.2) is 24.3 Å². The second-order valence-corrected chi connectivity index (χ2v) is 4.42. The molecule has 1 heterocycles. The number of carbonyl (C=O) groups excluding carboxylic acids is 1. The van der Waals surface area contributed by atoms with Crippen LogP contribution in [0.25, 0.3) is 0 Å². The molecule has 1 N–H and O–H groups in total. The molecule has 0 saturated carbocycles. The van der Waals surface area contributed by atoms with Crippen LogP contribution in [0.2, 0.25) is 0 Å². The summed E-state index contributed by atoms with van der Waals surface area (Å²) in [4.78, 5) is 13.5. The first-order valence-electron chi connectivity index (χ1n) is 6.09. The Morgan fingerprint density at radius 2 is 1.89 bits per heavy atom. The number of amides is 1. The number of hydrogen-bond donors (Lipinski definition) is 1. The number of hydrogen-bond acceptors (Lipinski definition) is 4. The van der Waals surface area contributed by atoms with Gasteiger partial charge in [-0.25, -0.2) is 0 Å². The van der Waals surface area contributed by atoms with E-state index in [0.29, 0.717) is 13.0 Å². The standard InChI is InChI=1S/C14H14N4O/c15-5-7-18(8-6-16)14(19)13-9-11-3-1-2-4-12(11)10-17-13/h1-4,13,17H,7-10H2. The van der Waals surface area contributed by atoms with Crippen molar-refractivity contribution in [1.82, 2.24) is 10.2 Å². The molecule has 1 aromatic carbocycles. The van der Waals surface area contributed by atoms with Crippen LogP contribution in [0, 0.1) is 22.7 Å². The summed E-state index contributed by atoms with van der Waals surface area (Å²) in [6.07, 6.45) is 0.600. The maximum absolute atomic E-state index is 12.2. The molecule has 2 rings (SSSR count). The summed E-state index contributed by atoms with van der Waals surface area (Å²) in [5.74, 6) is -0.183. The second kappa shape index (κ2) is 5.99. The number of fused-ring (bicyclic) bond motifs is 1. The van der Waals surface area contributed by atoms with E-state index in [1.165, 1.54) is 10.5 Å². The zero-order chi connectivity index (χ0) is 13.7. The Balaban J connectivity index is 2.10. The Morgan fingerprint density at radius 3 is 2.53 bits per heavy atom. The Hall–Kier alpha value is -2.37. The van der Waals surface area contributed by atoms with E-state index < -0.39 is 0 Å². The number of carbonyl (C=O) groups is 1. The van der Waals surface area contributed by atoms with Gasteiger partial charge in [-0.3, -0.25) is 4.79 Å². The van der Waals surface area contributed by atoms with Crippen LogP contribution in [0.3, 0.4) is 0 Å². The second-order valence-electron chi connectivity index (χ2n) is 4.42. The number of nitrogens with one attached hydrogen (secondary N) is 1. The van der Waals surface area contributed by atoms with Crippen molar-refractivity contribution in [3.8, 4) is 12.1 Å². The van der Waals surface area contributed by atoms with Gasteiger partial charge in [-0.05, 0) is 17.5 Å². The van der Waals surface area contributed by atoms with Gasteiger partial charge in [0.2, 0.25) is 5.91 Å². The minimum atomic E-state index is -0.350. The van der Waals surface area contributed by atoms with Gasteiger partial charge < -0.3 is 10.2 Å². The molecule has 96 valence electrons. The first-order valence-corrected chi connectivity index (χ1v) is 6.09. The number of benzene rings is 1. The van der Waals surface area contributed by atoms with Crippen molar-refractivity contribution in [2.75, 3.05) is 13.1 Å². The molecular weight excluding hydrogens is 240 g/mol. The SMILES string of the molecule is N#CCN(CC#N)C(=O)C1Cc2ccccc2CN1. The van der Waals surface area contributed by atoms with Crippen molar-refractivity contribution in [3.63, 3.8) is 0 Å². The monoisotopic (exact) mass is 254 g/mol. The molecule has 5 nitrogen and oxygen atoms in total. The molecule has 1 aliphatic heterocycles. The third-order valence-corrected chi connectivity index (χ3v) is 3.21. The quantitative estimate of drug-likeness (QED) is 0.800. The fourth-order valence-electron chi connectivity index (χ4n) is 2.23. The van der Waals surface area contributed by atoms with Gasteiger partial charge in [0, 0.05) is 6.54 Å². The predicted octanol–water partition coefficient (Wildman–Crippen LogP) is 0.577. The summed E-state index contributed by atoms with van der Waals surface area (Å²) in [7, 11) is 0. The van der Waals surface area contributed by atoms with Gasteiger partial charge in [0.05, 0.1) is 18.2 Å². The molecule has 5 heteroatoms. The Labute approximate surface area is 112 Å². The summed E-state index contributed by atoms with van der Waals surface area (Å²) in [5, 5.41) is 20.6. The highest BCUT2D eigenvalue weighted by Crippen LogP contribution is 2.17. The third-order valence-electron chi connectivity index (χ3n) is 3.21. The van der Waals surface area contributed by atoms with Gasteiger partial charge in [-0.2, -0.15) is 10.5 Å². The van der Waals surface area contributed by atoms with Crippen LogP contribution in [0.1, 0.15) is 11.1 Å². The van der Waals surface area contributed by atoms with Crippen LogP contribution in [0.5, 0.6) is 0 Å². The maximum atomic E-state index is 12.2. The topological polar surface area (TPSA) is 79.9 Å². The highest BCUT2D eigenvalue weighted by atomic mass is 16.2. The summed E-state index contributed by atoms with van der Waals surface area (Å²) in [5.41, 5.74) is 2.34. The van der Waals surface area contributed by atoms with Crippen LogP contribution in [0.4, 0.5) is 0 Å². The lowest BCUT2D eigenvalue weighted by Gasteiger charge is -2.28. The fourth-order valence-corrected chi connectivity index (χ4v) is 2.23. The molecule has 0 bridgehead atoms. The molecule has 19 heavy (non-hydrogen) atoms. The zero-order valence-corrected chi connectivity index (χ0v) is 10.5. The highest BCUT2D eigenvalue weighted by Gasteiger charge is 2.27. The third kappa shape index (κ3) is 2.90. The number of nitriles is 2. The van der Waals surface area contributed by atoms with Crippen LogP contribution >= 0.6 is 0 Å². The molecule has 1 unspecified atom stereocenters. The molecule has 0 radical (unpaired) electrons. The van der Waals surface area contributed by atoms with Crippen molar-refractivity contribution in [2.24, 2.45) is 0 Å². The normalized spacial score (nSPS) is 16.8. The average Bonchev–Trinajstić information content (AvgIpc) is 2.46. The molecular formula is C14H14N4O. The minimum absolute atomic E-state index is 0.0494. The number of rotatable bonds is 3. The van der Waals surface area contributed by atoms with Crippen molar-refractivity contribution < 1.29 is 4.79 Å². The summed E-state index contributed by atoms with van der Waals surface area (Å²) in [6.45, 7) is 0.540. The zero-order valence-electron chi connectivity index (χ0n) is 10.5. The van der Waals surface area contributed by atoms with E-state index >= 15 is 0 Å². The summed E-state index contributed by atoms with van der Waals surface area (Å²) < 4.78 is 0. The maximum Gasteiger partial charge on any atom is 0.241 e. The molecule has 0 spiro atoms. The van der Waals surface area contributed by atoms with Crippen molar-refractivity contribution in [3.05, 3.63) is 35.4 Å². The summed E-state index contributed by atoms with van der Waals surface area (Å²) in [6, 6.07) is 11.5. The number of nitrogens with zero attached hydrogens (tertiary/aromatic N) is 3. The van der Waals surface area contributed by atoms with Crippen molar-refractivity contribution in [2.45, 2.75) is 19.0 Å². The van der Waals surface area contributed by atoms with Gasteiger partial charge >= 0.3 is 0 Å². The largest absolute Gasteiger partial charge is 0.315 e. The highest BCUT2D eigenvalue weighted by molar-refractivity contribution is 5.83. The lowest BCUT2D eigenvalue weighted by atomic mass is 9.95. The fraction of sp³-hybridized carbons (Fsp3) is 0.357. The van der Waals surface area contributed by atoms with Gasteiger partial charge in [0.15, 0.2) is 0 Å². The molecule has 1 amide bonds. The van der Waals surface area contributed by atoms with Crippen LogP contribution in [-0.4, -0.2) is 29.9 Å². The molecule has 1 atom stereocenters. The predicted molar refractivity (Wildman–Crippen MR) is 68.6 cm³/mol. The van der Waals surface area contributed by atoms with Crippen molar-refractivity contribution in [1.29, 1.82) is 10.5 Å². The van der Waals surface area contributed by atoms with Gasteiger partial charge in [0.1, 0.15) is 13.1 Å². The lowest BCUT2D eigenvalue weighted by molar-refractivity contribution is -0.132.